The van der Waals surface area contributed by atoms with E-state index in [-0.39, 0.29) is 5.91 Å². The zero-order chi connectivity index (χ0) is 17.8. The molecule has 3 aromatic rings. The highest BCUT2D eigenvalue weighted by Crippen LogP contribution is 2.39. The Balaban J connectivity index is 1.18. The summed E-state index contributed by atoms with van der Waals surface area (Å²) < 4.78 is 5.25. The molecule has 1 saturated carbocycles. The fourth-order valence-electron chi connectivity index (χ4n) is 2.88. The van der Waals surface area contributed by atoms with Crippen LogP contribution in [0.2, 0.25) is 0 Å². The normalized spacial score (nSPS) is 13.7. The van der Waals surface area contributed by atoms with E-state index in [0.29, 0.717) is 37.5 Å². The fourth-order valence-corrected chi connectivity index (χ4v) is 3.53. The molecule has 0 aliphatic heterocycles. The highest BCUT2D eigenvalue weighted by molar-refractivity contribution is 7.13. The van der Waals surface area contributed by atoms with Gasteiger partial charge in [-0.05, 0) is 47.8 Å². The second-order valence-corrected chi connectivity index (χ2v) is 7.58. The Hall–Kier alpha value is -2.47. The highest BCUT2D eigenvalue weighted by atomic mass is 32.1. The van der Waals surface area contributed by atoms with Crippen molar-refractivity contribution in [1.82, 2.24) is 15.5 Å². The second-order valence-electron chi connectivity index (χ2n) is 6.64. The molecule has 2 heterocycles. The van der Waals surface area contributed by atoms with Crippen LogP contribution in [0.4, 0.5) is 0 Å². The number of thiophene rings is 1. The van der Waals surface area contributed by atoms with E-state index in [1.165, 1.54) is 18.4 Å². The van der Waals surface area contributed by atoms with Crippen LogP contribution in [0, 0.1) is 0 Å². The van der Waals surface area contributed by atoms with Crippen molar-refractivity contribution >= 4 is 17.2 Å². The maximum Gasteiger partial charge on any atom is 0.226 e. The zero-order valence-electron chi connectivity index (χ0n) is 14.5. The van der Waals surface area contributed by atoms with E-state index < -0.39 is 0 Å². The summed E-state index contributed by atoms with van der Waals surface area (Å²) in [6.45, 7) is 0.576. The number of aryl methyl sites for hydroxylation is 1. The van der Waals surface area contributed by atoms with Gasteiger partial charge >= 0.3 is 0 Å². The first-order chi connectivity index (χ1) is 12.8. The lowest BCUT2D eigenvalue weighted by molar-refractivity contribution is -0.121. The average Bonchev–Trinajstić information content (AvgIpc) is 3.16. The van der Waals surface area contributed by atoms with E-state index in [9.17, 15) is 4.79 Å². The molecule has 5 nitrogen and oxygen atoms in total. The molecule has 26 heavy (non-hydrogen) atoms. The quantitative estimate of drug-likeness (QED) is 0.644. The monoisotopic (exact) mass is 367 g/mol. The first kappa shape index (κ1) is 17.0. The van der Waals surface area contributed by atoms with E-state index in [1.807, 2.05) is 17.5 Å². The van der Waals surface area contributed by atoms with Crippen molar-refractivity contribution < 1.29 is 9.32 Å². The van der Waals surface area contributed by atoms with E-state index >= 15 is 0 Å². The molecule has 1 aliphatic carbocycles. The molecule has 134 valence electrons. The van der Waals surface area contributed by atoms with Crippen LogP contribution in [0.25, 0.3) is 10.7 Å². The van der Waals surface area contributed by atoms with Gasteiger partial charge in [0.25, 0.3) is 0 Å². The molecular weight excluding hydrogens is 346 g/mol. The van der Waals surface area contributed by atoms with Gasteiger partial charge < -0.3 is 9.84 Å². The van der Waals surface area contributed by atoms with Gasteiger partial charge in [-0.1, -0.05) is 35.5 Å². The number of carbonyl (C=O) groups excluding carboxylic acids is 1. The van der Waals surface area contributed by atoms with Crippen LogP contribution in [-0.4, -0.2) is 16.0 Å². The number of amides is 1. The van der Waals surface area contributed by atoms with E-state index in [0.717, 1.165) is 16.4 Å². The van der Waals surface area contributed by atoms with Gasteiger partial charge in [0.15, 0.2) is 0 Å². The average molecular weight is 367 g/mol. The summed E-state index contributed by atoms with van der Waals surface area (Å²) in [6.07, 6.45) is 4.38. The minimum atomic E-state index is 0.0502. The maximum absolute atomic E-state index is 12.0. The Kier molecular flexibility index (Phi) is 5.11. The molecule has 0 unspecified atom stereocenters. The van der Waals surface area contributed by atoms with E-state index in [1.54, 1.807) is 11.3 Å². The minimum absolute atomic E-state index is 0.0502. The van der Waals surface area contributed by atoms with E-state index in [4.69, 9.17) is 4.52 Å². The lowest BCUT2D eigenvalue weighted by Crippen LogP contribution is -2.22. The molecule has 1 N–H and O–H groups in total. The minimum Gasteiger partial charge on any atom is -0.352 e. The first-order valence-corrected chi connectivity index (χ1v) is 9.88. The molecule has 1 aromatic carbocycles. The molecule has 0 saturated heterocycles. The van der Waals surface area contributed by atoms with E-state index in [2.05, 4.69) is 39.7 Å². The van der Waals surface area contributed by atoms with Crippen molar-refractivity contribution in [3.8, 4) is 10.7 Å². The Bertz CT molecular complexity index is 852. The van der Waals surface area contributed by atoms with Gasteiger partial charge in [-0.3, -0.25) is 4.79 Å². The first-order valence-electron chi connectivity index (χ1n) is 9.00. The number of nitrogens with zero attached hydrogens (tertiary/aromatic N) is 2. The third-order valence-electron chi connectivity index (χ3n) is 4.52. The molecule has 2 aromatic heterocycles. The molecule has 0 bridgehead atoms. The van der Waals surface area contributed by atoms with Gasteiger partial charge in [-0.15, -0.1) is 11.3 Å². The summed E-state index contributed by atoms with van der Waals surface area (Å²) in [4.78, 5) is 17.4. The number of carbonyl (C=O) groups is 1. The molecule has 1 aliphatic rings. The lowest BCUT2D eigenvalue weighted by Gasteiger charge is -2.06. The number of benzene rings is 1. The van der Waals surface area contributed by atoms with Crippen molar-refractivity contribution in [2.24, 2.45) is 0 Å². The summed E-state index contributed by atoms with van der Waals surface area (Å²) in [6, 6.07) is 12.5. The molecule has 1 amide bonds. The zero-order valence-corrected chi connectivity index (χ0v) is 15.3. The van der Waals surface area contributed by atoms with Crippen LogP contribution in [0.15, 0.2) is 46.3 Å². The van der Waals surface area contributed by atoms with Gasteiger partial charge in [-0.25, -0.2) is 0 Å². The number of nitrogens with one attached hydrogen (secondary N) is 1. The standard InChI is InChI=1S/C20H21N3O2S/c24-18(21-13-14-6-8-15(9-7-14)16-10-11-16)4-1-5-19-22-20(23-25-19)17-3-2-12-26-17/h2-3,6-9,12,16H,1,4-5,10-11,13H2,(H,21,24). The van der Waals surface area contributed by atoms with Crippen LogP contribution in [0.1, 0.15) is 48.6 Å². The molecular formula is C20H21N3O2S. The summed E-state index contributed by atoms with van der Waals surface area (Å²) in [7, 11) is 0. The van der Waals surface area contributed by atoms with Gasteiger partial charge in [0.2, 0.25) is 17.6 Å². The van der Waals surface area contributed by atoms with Crippen molar-refractivity contribution in [1.29, 1.82) is 0 Å². The smallest absolute Gasteiger partial charge is 0.226 e. The third-order valence-corrected chi connectivity index (χ3v) is 5.39. The number of rotatable bonds is 8. The Morgan fingerprint density at radius 1 is 1.23 bits per heavy atom. The Morgan fingerprint density at radius 3 is 2.81 bits per heavy atom. The number of hydrogen-bond acceptors (Lipinski definition) is 5. The van der Waals surface area contributed by atoms with Crippen LogP contribution >= 0.6 is 11.3 Å². The molecule has 0 spiro atoms. The summed E-state index contributed by atoms with van der Waals surface area (Å²) in [5.41, 5.74) is 2.56. The van der Waals surface area contributed by atoms with Crippen LogP contribution in [0.5, 0.6) is 0 Å². The van der Waals surface area contributed by atoms with Gasteiger partial charge in [0.05, 0.1) is 4.88 Å². The van der Waals surface area contributed by atoms with Crippen molar-refractivity contribution in [3.05, 3.63) is 58.8 Å². The maximum atomic E-state index is 12.0. The fraction of sp³-hybridized carbons (Fsp3) is 0.350. The van der Waals surface area contributed by atoms with Crippen LogP contribution in [-0.2, 0) is 17.8 Å². The van der Waals surface area contributed by atoms with Gasteiger partial charge in [0, 0.05) is 19.4 Å². The van der Waals surface area contributed by atoms with Crippen molar-refractivity contribution in [2.45, 2.75) is 44.6 Å². The molecule has 0 radical (unpaired) electrons. The molecule has 0 atom stereocenters. The van der Waals surface area contributed by atoms with Crippen LogP contribution in [0.3, 0.4) is 0 Å². The van der Waals surface area contributed by atoms with Crippen molar-refractivity contribution in [2.75, 3.05) is 0 Å². The predicted molar refractivity (Wildman–Crippen MR) is 101 cm³/mol. The van der Waals surface area contributed by atoms with Crippen LogP contribution < -0.4 is 5.32 Å². The van der Waals surface area contributed by atoms with Gasteiger partial charge in [-0.2, -0.15) is 4.98 Å². The van der Waals surface area contributed by atoms with Crippen molar-refractivity contribution in [3.63, 3.8) is 0 Å². The summed E-state index contributed by atoms with van der Waals surface area (Å²) in [5.74, 6) is 2.02. The third kappa shape index (κ3) is 4.38. The summed E-state index contributed by atoms with van der Waals surface area (Å²) >= 11 is 1.58. The lowest BCUT2D eigenvalue weighted by atomic mass is 10.1. The number of aromatic nitrogens is 2. The Labute approximate surface area is 156 Å². The molecule has 6 heteroatoms. The topological polar surface area (TPSA) is 68.0 Å². The Morgan fingerprint density at radius 2 is 2.08 bits per heavy atom. The molecule has 4 rings (SSSR count). The summed E-state index contributed by atoms with van der Waals surface area (Å²) in [5, 5.41) is 8.93. The SMILES string of the molecule is O=C(CCCc1nc(-c2cccs2)no1)NCc1ccc(C2CC2)cc1. The second kappa shape index (κ2) is 7.83. The highest BCUT2D eigenvalue weighted by Gasteiger charge is 2.22. The predicted octanol–water partition coefficient (Wildman–Crippen LogP) is 4.31. The van der Waals surface area contributed by atoms with Gasteiger partial charge in [0.1, 0.15) is 0 Å². The number of hydrogen-bond donors (Lipinski definition) is 1. The largest absolute Gasteiger partial charge is 0.352 e. The molecule has 1 fully saturated rings.